The minimum atomic E-state index is -0.305. The molecule has 0 atom stereocenters. The van der Waals surface area contributed by atoms with Crippen LogP contribution in [-0.4, -0.2) is 11.1 Å². The van der Waals surface area contributed by atoms with Gasteiger partial charge in [-0.2, -0.15) is 0 Å². The molecule has 1 heterocycles. The van der Waals surface area contributed by atoms with Gasteiger partial charge in [0.15, 0.2) is 0 Å². The van der Waals surface area contributed by atoms with Gasteiger partial charge in [-0.05, 0) is 35.0 Å². The van der Waals surface area contributed by atoms with Crippen LogP contribution in [0.3, 0.4) is 0 Å². The van der Waals surface area contributed by atoms with Gasteiger partial charge in [-0.25, -0.2) is 0 Å². The van der Waals surface area contributed by atoms with Gasteiger partial charge in [-0.1, -0.05) is 11.2 Å². The molecule has 88 valence electrons. The number of nitrogens with zero attached hydrogens (tertiary/aromatic N) is 1. The predicted molar refractivity (Wildman–Crippen MR) is 67.7 cm³/mol. The largest absolute Gasteiger partial charge is 0.398 e. The molecule has 2 aromatic rings. The molecule has 6 heteroatoms. The Bertz CT molecular complexity index is 566. The SMILES string of the molecule is Cc1cc(NC(=O)c2cccc(N)c2Br)on1. The number of halogens is 1. The van der Waals surface area contributed by atoms with Crippen molar-refractivity contribution in [1.82, 2.24) is 5.16 Å². The van der Waals surface area contributed by atoms with Crippen molar-refractivity contribution in [3.63, 3.8) is 0 Å². The van der Waals surface area contributed by atoms with E-state index in [1.165, 1.54) is 0 Å². The second-order valence-electron chi connectivity index (χ2n) is 3.50. The molecule has 0 fully saturated rings. The third-order valence-corrected chi connectivity index (χ3v) is 3.02. The van der Waals surface area contributed by atoms with Crippen LogP contribution in [0.1, 0.15) is 16.1 Å². The molecular weight excluding hydrogens is 286 g/mol. The molecule has 0 aliphatic heterocycles. The van der Waals surface area contributed by atoms with E-state index in [9.17, 15) is 4.79 Å². The number of benzene rings is 1. The fourth-order valence-corrected chi connectivity index (χ4v) is 1.77. The highest BCUT2D eigenvalue weighted by atomic mass is 79.9. The Kier molecular flexibility index (Phi) is 3.14. The highest BCUT2D eigenvalue weighted by Gasteiger charge is 2.13. The third kappa shape index (κ3) is 2.47. The van der Waals surface area contributed by atoms with Crippen LogP contribution >= 0.6 is 15.9 Å². The molecule has 17 heavy (non-hydrogen) atoms. The molecule has 0 bridgehead atoms. The number of anilines is 2. The van der Waals surface area contributed by atoms with Crippen molar-refractivity contribution in [2.75, 3.05) is 11.1 Å². The number of nitrogen functional groups attached to an aromatic ring is 1. The molecule has 0 spiro atoms. The van der Waals surface area contributed by atoms with Crippen molar-refractivity contribution >= 4 is 33.4 Å². The highest BCUT2D eigenvalue weighted by molar-refractivity contribution is 9.10. The second kappa shape index (κ2) is 4.58. The summed E-state index contributed by atoms with van der Waals surface area (Å²) in [6.45, 7) is 1.77. The zero-order valence-corrected chi connectivity index (χ0v) is 10.6. The van der Waals surface area contributed by atoms with E-state index in [-0.39, 0.29) is 5.91 Å². The molecule has 0 saturated heterocycles. The number of aryl methyl sites for hydroxylation is 1. The zero-order valence-electron chi connectivity index (χ0n) is 9.03. The molecule has 5 nitrogen and oxygen atoms in total. The van der Waals surface area contributed by atoms with Crippen molar-refractivity contribution < 1.29 is 9.32 Å². The van der Waals surface area contributed by atoms with E-state index in [1.54, 1.807) is 31.2 Å². The Labute approximate surface area is 106 Å². The molecule has 3 N–H and O–H groups in total. The normalized spacial score (nSPS) is 10.2. The molecular formula is C11H10BrN3O2. The first-order chi connectivity index (χ1) is 8.08. The standard InChI is InChI=1S/C11H10BrN3O2/c1-6-5-9(17-15-6)14-11(16)7-3-2-4-8(13)10(7)12/h2-5H,13H2,1H3,(H,14,16). The Morgan fingerprint density at radius 1 is 1.53 bits per heavy atom. The molecule has 0 saturated carbocycles. The van der Waals surface area contributed by atoms with Gasteiger partial charge < -0.3 is 10.3 Å². The fourth-order valence-electron chi connectivity index (χ4n) is 1.33. The molecule has 0 radical (unpaired) electrons. The van der Waals surface area contributed by atoms with Crippen LogP contribution in [0, 0.1) is 6.92 Å². The summed E-state index contributed by atoms with van der Waals surface area (Å²) in [6, 6.07) is 6.72. The van der Waals surface area contributed by atoms with Crippen molar-refractivity contribution in [2.24, 2.45) is 0 Å². The van der Waals surface area contributed by atoms with Crippen LogP contribution in [-0.2, 0) is 0 Å². The first-order valence-electron chi connectivity index (χ1n) is 4.86. The molecule has 1 aromatic heterocycles. The van der Waals surface area contributed by atoms with Crippen LogP contribution in [0.15, 0.2) is 33.3 Å². The molecule has 0 aliphatic carbocycles. The van der Waals surface area contributed by atoms with E-state index >= 15 is 0 Å². The topological polar surface area (TPSA) is 81.2 Å². The molecule has 0 unspecified atom stereocenters. The Balaban J connectivity index is 2.23. The molecule has 1 aromatic carbocycles. The van der Waals surface area contributed by atoms with Gasteiger partial charge in [0, 0.05) is 11.8 Å². The average Bonchev–Trinajstić information content (AvgIpc) is 2.68. The van der Waals surface area contributed by atoms with Crippen LogP contribution < -0.4 is 11.1 Å². The predicted octanol–water partition coefficient (Wildman–Crippen LogP) is 2.58. The van der Waals surface area contributed by atoms with E-state index in [4.69, 9.17) is 10.3 Å². The summed E-state index contributed by atoms with van der Waals surface area (Å²) >= 11 is 3.27. The van der Waals surface area contributed by atoms with Crippen molar-refractivity contribution in [3.05, 3.63) is 40.0 Å². The number of nitrogens with two attached hydrogens (primary N) is 1. The summed E-state index contributed by atoms with van der Waals surface area (Å²) in [5.41, 5.74) is 7.34. The smallest absolute Gasteiger partial charge is 0.259 e. The lowest BCUT2D eigenvalue weighted by Gasteiger charge is -2.05. The maximum atomic E-state index is 11.9. The number of hydrogen-bond acceptors (Lipinski definition) is 4. The Morgan fingerprint density at radius 2 is 2.29 bits per heavy atom. The van der Waals surface area contributed by atoms with Crippen molar-refractivity contribution in [1.29, 1.82) is 0 Å². The van der Waals surface area contributed by atoms with Gasteiger partial charge >= 0.3 is 0 Å². The highest BCUT2D eigenvalue weighted by Crippen LogP contribution is 2.24. The van der Waals surface area contributed by atoms with Gasteiger partial charge in [-0.15, -0.1) is 0 Å². The van der Waals surface area contributed by atoms with Crippen LogP contribution in [0.5, 0.6) is 0 Å². The lowest BCUT2D eigenvalue weighted by atomic mass is 10.2. The third-order valence-electron chi connectivity index (χ3n) is 2.14. The van der Waals surface area contributed by atoms with Gasteiger partial charge in [0.1, 0.15) is 0 Å². The van der Waals surface area contributed by atoms with E-state index in [1.807, 2.05) is 0 Å². The Morgan fingerprint density at radius 3 is 2.94 bits per heavy atom. The first-order valence-corrected chi connectivity index (χ1v) is 5.66. The maximum Gasteiger partial charge on any atom is 0.259 e. The number of amides is 1. The summed E-state index contributed by atoms with van der Waals surface area (Å²) in [6.07, 6.45) is 0. The van der Waals surface area contributed by atoms with Gasteiger partial charge in [-0.3, -0.25) is 10.1 Å². The maximum absolute atomic E-state index is 11.9. The molecule has 1 amide bonds. The van der Waals surface area contributed by atoms with E-state index in [2.05, 4.69) is 26.4 Å². The summed E-state index contributed by atoms with van der Waals surface area (Å²) < 4.78 is 5.46. The van der Waals surface area contributed by atoms with E-state index in [0.29, 0.717) is 27.3 Å². The molecule has 2 rings (SSSR count). The number of rotatable bonds is 2. The minimum Gasteiger partial charge on any atom is -0.398 e. The lowest BCUT2D eigenvalue weighted by Crippen LogP contribution is -2.12. The summed E-state index contributed by atoms with van der Waals surface area (Å²) in [7, 11) is 0. The van der Waals surface area contributed by atoms with Crippen molar-refractivity contribution in [2.45, 2.75) is 6.92 Å². The number of hydrogen-bond donors (Lipinski definition) is 2. The Hall–Kier alpha value is -1.82. The molecule has 0 aliphatic rings. The van der Waals surface area contributed by atoms with Crippen LogP contribution in [0.2, 0.25) is 0 Å². The number of aromatic nitrogens is 1. The van der Waals surface area contributed by atoms with Gasteiger partial charge in [0.2, 0.25) is 5.88 Å². The summed E-state index contributed by atoms with van der Waals surface area (Å²) in [5.74, 6) is 0.00199. The number of carbonyl (C=O) groups is 1. The number of carbonyl (C=O) groups excluding carboxylic acids is 1. The quantitative estimate of drug-likeness (QED) is 0.835. The minimum absolute atomic E-state index is 0.305. The van der Waals surface area contributed by atoms with Crippen molar-refractivity contribution in [3.8, 4) is 0 Å². The summed E-state index contributed by atoms with van der Waals surface area (Å²) in [5, 5.41) is 6.27. The van der Waals surface area contributed by atoms with E-state index < -0.39 is 0 Å². The summed E-state index contributed by atoms with van der Waals surface area (Å²) in [4.78, 5) is 11.9. The van der Waals surface area contributed by atoms with Gasteiger partial charge in [0.05, 0.1) is 15.7 Å². The fraction of sp³-hybridized carbons (Fsp3) is 0.0909. The zero-order chi connectivity index (χ0) is 12.4. The van der Waals surface area contributed by atoms with Gasteiger partial charge in [0.25, 0.3) is 5.91 Å². The monoisotopic (exact) mass is 295 g/mol. The number of nitrogens with one attached hydrogen (secondary N) is 1. The average molecular weight is 296 g/mol. The second-order valence-corrected chi connectivity index (χ2v) is 4.29. The lowest BCUT2D eigenvalue weighted by molar-refractivity contribution is 0.102. The first kappa shape index (κ1) is 11.7. The van der Waals surface area contributed by atoms with Crippen LogP contribution in [0.25, 0.3) is 0 Å². The van der Waals surface area contributed by atoms with E-state index in [0.717, 1.165) is 0 Å². The van der Waals surface area contributed by atoms with Crippen LogP contribution in [0.4, 0.5) is 11.6 Å².